The number of aromatic nitrogens is 1. The molecular weight excluding hydrogens is 392 g/mol. The second kappa shape index (κ2) is 9.75. The molecule has 29 heavy (non-hydrogen) atoms. The molecule has 1 aromatic heterocycles. The van der Waals surface area contributed by atoms with Crippen molar-refractivity contribution in [1.82, 2.24) is 19.5 Å². The van der Waals surface area contributed by atoms with Gasteiger partial charge >= 0.3 is 0 Å². The van der Waals surface area contributed by atoms with Crippen LogP contribution in [-0.2, 0) is 14.8 Å². The molecule has 1 aromatic rings. The predicted molar refractivity (Wildman–Crippen MR) is 110 cm³/mol. The zero-order chi connectivity index (χ0) is 20.9. The van der Waals surface area contributed by atoms with Gasteiger partial charge in [-0.3, -0.25) is 9.59 Å². The van der Waals surface area contributed by atoms with Gasteiger partial charge < -0.3 is 15.2 Å². The molecule has 0 bridgehead atoms. The van der Waals surface area contributed by atoms with Gasteiger partial charge in [-0.1, -0.05) is 32.1 Å². The molecular formula is C20H32N4O4S. The minimum Gasteiger partial charge on any atom is -0.356 e. The van der Waals surface area contributed by atoms with Crippen molar-refractivity contribution >= 4 is 21.8 Å². The van der Waals surface area contributed by atoms with Crippen LogP contribution in [0.4, 0.5) is 0 Å². The monoisotopic (exact) mass is 424 g/mol. The lowest BCUT2D eigenvalue weighted by molar-refractivity contribution is -0.122. The van der Waals surface area contributed by atoms with Gasteiger partial charge in [-0.15, -0.1) is 0 Å². The van der Waals surface area contributed by atoms with Gasteiger partial charge in [0, 0.05) is 32.4 Å². The molecule has 9 heteroatoms. The van der Waals surface area contributed by atoms with Crippen molar-refractivity contribution in [2.45, 2.75) is 68.7 Å². The molecule has 1 saturated carbocycles. The third-order valence-corrected chi connectivity index (χ3v) is 7.61. The van der Waals surface area contributed by atoms with Gasteiger partial charge in [-0.2, -0.15) is 4.31 Å². The number of hydrogen-bond donors (Lipinski definition) is 2. The molecule has 2 fully saturated rings. The van der Waals surface area contributed by atoms with E-state index < -0.39 is 10.0 Å². The van der Waals surface area contributed by atoms with E-state index in [0.29, 0.717) is 13.1 Å². The van der Waals surface area contributed by atoms with Crippen molar-refractivity contribution in [1.29, 1.82) is 0 Å². The van der Waals surface area contributed by atoms with Crippen molar-refractivity contribution in [3.05, 3.63) is 18.0 Å². The van der Waals surface area contributed by atoms with Gasteiger partial charge in [0.1, 0.15) is 10.6 Å². The van der Waals surface area contributed by atoms with E-state index in [0.717, 1.165) is 42.8 Å². The van der Waals surface area contributed by atoms with E-state index >= 15 is 0 Å². The number of amides is 2. The highest BCUT2D eigenvalue weighted by Crippen LogP contribution is 2.19. The number of hydrogen-bond acceptors (Lipinski definition) is 4. The SMILES string of the molecule is CN(CC(=O)NC1CCCCCCC1)S(=O)(=O)c1c[nH]c(C(=O)N2CCCC2)c1. The highest BCUT2D eigenvalue weighted by Gasteiger charge is 2.27. The number of rotatable bonds is 6. The number of carbonyl (C=O) groups is 2. The molecule has 1 saturated heterocycles. The summed E-state index contributed by atoms with van der Waals surface area (Å²) < 4.78 is 26.7. The van der Waals surface area contributed by atoms with Crippen LogP contribution in [0, 0.1) is 0 Å². The Kier molecular flexibility index (Phi) is 7.34. The maximum atomic E-state index is 12.8. The van der Waals surface area contributed by atoms with Crippen molar-refractivity contribution in [3.63, 3.8) is 0 Å². The molecule has 3 rings (SSSR count). The normalized spacial score (nSPS) is 19.2. The lowest BCUT2D eigenvalue weighted by Gasteiger charge is -2.22. The Morgan fingerprint density at radius 1 is 1.10 bits per heavy atom. The quantitative estimate of drug-likeness (QED) is 0.730. The number of nitrogens with one attached hydrogen (secondary N) is 2. The van der Waals surface area contributed by atoms with Crippen LogP contribution in [0.1, 0.15) is 68.3 Å². The number of nitrogens with zero attached hydrogens (tertiary/aromatic N) is 2. The fourth-order valence-corrected chi connectivity index (χ4v) is 5.20. The van der Waals surface area contributed by atoms with Crippen LogP contribution in [0.15, 0.2) is 17.2 Å². The zero-order valence-electron chi connectivity index (χ0n) is 17.2. The molecule has 0 unspecified atom stereocenters. The highest BCUT2D eigenvalue weighted by atomic mass is 32.2. The van der Waals surface area contributed by atoms with Crippen LogP contribution in [-0.4, -0.2) is 67.1 Å². The molecule has 8 nitrogen and oxygen atoms in total. The molecule has 2 N–H and O–H groups in total. The summed E-state index contributed by atoms with van der Waals surface area (Å²) in [5.74, 6) is -0.473. The Hall–Kier alpha value is -1.87. The van der Waals surface area contributed by atoms with Crippen molar-refractivity contribution < 1.29 is 18.0 Å². The number of sulfonamides is 1. The third-order valence-electron chi connectivity index (χ3n) is 5.82. The van der Waals surface area contributed by atoms with Gasteiger partial charge in [-0.05, 0) is 31.7 Å². The summed E-state index contributed by atoms with van der Waals surface area (Å²) in [6.07, 6.45) is 11.0. The molecule has 0 radical (unpaired) electrons. The fraction of sp³-hybridized carbons (Fsp3) is 0.700. The Labute approximate surface area is 173 Å². The molecule has 162 valence electrons. The number of carbonyl (C=O) groups excluding carboxylic acids is 2. The third kappa shape index (κ3) is 5.60. The second-order valence-electron chi connectivity index (χ2n) is 8.12. The molecule has 1 aliphatic carbocycles. The maximum Gasteiger partial charge on any atom is 0.270 e. The van der Waals surface area contributed by atoms with E-state index in [-0.39, 0.29) is 35.0 Å². The summed E-state index contributed by atoms with van der Waals surface area (Å²) in [5.41, 5.74) is 0.262. The number of likely N-dealkylation sites (tertiary alicyclic amines) is 1. The van der Waals surface area contributed by atoms with Gasteiger partial charge in [0.05, 0.1) is 6.54 Å². The Morgan fingerprint density at radius 2 is 1.72 bits per heavy atom. The van der Waals surface area contributed by atoms with Gasteiger partial charge in [0.25, 0.3) is 5.91 Å². The Balaban J connectivity index is 1.58. The first-order valence-corrected chi connectivity index (χ1v) is 12.1. The van der Waals surface area contributed by atoms with Crippen LogP contribution in [0.5, 0.6) is 0 Å². The zero-order valence-corrected chi connectivity index (χ0v) is 18.0. The molecule has 0 atom stereocenters. The van der Waals surface area contributed by atoms with Gasteiger partial charge in [-0.25, -0.2) is 8.42 Å². The van der Waals surface area contributed by atoms with Crippen LogP contribution in [0.25, 0.3) is 0 Å². The molecule has 2 aliphatic rings. The van der Waals surface area contributed by atoms with Crippen molar-refractivity contribution in [3.8, 4) is 0 Å². The Bertz CT molecular complexity index is 806. The summed E-state index contributed by atoms with van der Waals surface area (Å²) in [6.45, 7) is 1.15. The summed E-state index contributed by atoms with van der Waals surface area (Å²) in [6, 6.07) is 1.48. The summed E-state index contributed by atoms with van der Waals surface area (Å²) >= 11 is 0. The maximum absolute atomic E-state index is 12.8. The first-order valence-electron chi connectivity index (χ1n) is 10.6. The van der Waals surface area contributed by atoms with E-state index in [4.69, 9.17) is 0 Å². The summed E-state index contributed by atoms with van der Waals surface area (Å²) in [5, 5.41) is 2.99. The van der Waals surface area contributed by atoms with Gasteiger partial charge in [0.15, 0.2) is 0 Å². The highest BCUT2D eigenvalue weighted by molar-refractivity contribution is 7.89. The van der Waals surface area contributed by atoms with E-state index in [1.165, 1.54) is 38.6 Å². The molecule has 0 spiro atoms. The Morgan fingerprint density at radius 3 is 2.38 bits per heavy atom. The van der Waals surface area contributed by atoms with Crippen molar-refractivity contribution in [2.24, 2.45) is 0 Å². The molecule has 1 aliphatic heterocycles. The van der Waals surface area contributed by atoms with Gasteiger partial charge in [0.2, 0.25) is 15.9 Å². The predicted octanol–water partition coefficient (Wildman–Crippen LogP) is 2.10. The van der Waals surface area contributed by atoms with Crippen LogP contribution >= 0.6 is 0 Å². The average Bonchev–Trinajstić information content (AvgIpc) is 3.35. The minimum absolute atomic E-state index is 0.00120. The standard InChI is InChI=1S/C20H32N4O4S/c1-23(15-19(25)22-16-9-5-3-2-4-6-10-16)29(27,28)17-13-18(21-14-17)20(26)24-11-7-8-12-24/h13-14,16,21H,2-12,15H2,1H3,(H,22,25). The first-order chi connectivity index (χ1) is 13.9. The molecule has 2 amide bonds. The van der Waals surface area contributed by atoms with Crippen LogP contribution in [0.2, 0.25) is 0 Å². The topological polar surface area (TPSA) is 103 Å². The smallest absolute Gasteiger partial charge is 0.270 e. The average molecular weight is 425 g/mol. The van der Waals surface area contributed by atoms with Crippen LogP contribution < -0.4 is 5.32 Å². The summed E-state index contributed by atoms with van der Waals surface area (Å²) in [7, 11) is -2.46. The van der Waals surface area contributed by atoms with E-state index in [9.17, 15) is 18.0 Å². The summed E-state index contributed by atoms with van der Waals surface area (Å²) in [4.78, 5) is 29.3. The van der Waals surface area contributed by atoms with Crippen LogP contribution in [0.3, 0.4) is 0 Å². The number of likely N-dealkylation sites (N-methyl/N-ethyl adjacent to an activating group) is 1. The second-order valence-corrected chi connectivity index (χ2v) is 10.2. The molecule has 0 aromatic carbocycles. The lowest BCUT2D eigenvalue weighted by Crippen LogP contribution is -2.42. The fourth-order valence-electron chi connectivity index (χ4n) is 4.08. The number of H-pyrrole nitrogens is 1. The van der Waals surface area contributed by atoms with E-state index in [2.05, 4.69) is 10.3 Å². The van der Waals surface area contributed by atoms with E-state index in [1.54, 1.807) is 4.90 Å². The van der Waals surface area contributed by atoms with E-state index in [1.807, 2.05) is 0 Å². The van der Waals surface area contributed by atoms with Crippen molar-refractivity contribution in [2.75, 3.05) is 26.7 Å². The molecule has 2 heterocycles. The largest absolute Gasteiger partial charge is 0.356 e. The number of aromatic amines is 1. The first kappa shape index (κ1) is 21.8. The minimum atomic E-state index is -3.85. The lowest BCUT2D eigenvalue weighted by atomic mass is 9.97.